The van der Waals surface area contributed by atoms with Gasteiger partial charge in [-0.2, -0.15) is 4.31 Å². The number of benzene rings is 2. The summed E-state index contributed by atoms with van der Waals surface area (Å²) in [5.41, 5.74) is 4.65. The van der Waals surface area contributed by atoms with Crippen molar-refractivity contribution < 1.29 is 13.2 Å². The SMILES string of the molecule is CN(Cc1ccc2cc[nH]c2c1)S(=O)(=O)c1cc2c3c(c1)CC(=O)N3CCC2. The lowest BCUT2D eigenvalue weighted by atomic mass is 10.0. The summed E-state index contributed by atoms with van der Waals surface area (Å²) in [6.07, 6.45) is 3.84. The Morgan fingerprint density at radius 2 is 1.96 bits per heavy atom. The van der Waals surface area contributed by atoms with Crippen molar-refractivity contribution >= 4 is 32.5 Å². The average molecular weight is 395 g/mol. The molecule has 0 spiro atoms. The Balaban J connectivity index is 1.48. The molecule has 0 saturated carbocycles. The van der Waals surface area contributed by atoms with Crippen molar-refractivity contribution in [1.29, 1.82) is 0 Å². The van der Waals surface area contributed by atoms with Crippen LogP contribution in [0.15, 0.2) is 47.5 Å². The van der Waals surface area contributed by atoms with Crippen LogP contribution >= 0.6 is 0 Å². The van der Waals surface area contributed by atoms with Crippen LogP contribution in [0.1, 0.15) is 23.1 Å². The number of hydrogen-bond acceptors (Lipinski definition) is 3. The van der Waals surface area contributed by atoms with Crippen molar-refractivity contribution in [2.24, 2.45) is 0 Å². The summed E-state index contributed by atoms with van der Waals surface area (Å²) in [5.74, 6) is 0.0677. The molecule has 7 heteroatoms. The first-order chi connectivity index (χ1) is 13.4. The van der Waals surface area contributed by atoms with Crippen LogP contribution in [0.5, 0.6) is 0 Å². The van der Waals surface area contributed by atoms with E-state index in [9.17, 15) is 13.2 Å². The minimum Gasteiger partial charge on any atom is -0.361 e. The molecule has 0 unspecified atom stereocenters. The van der Waals surface area contributed by atoms with Crippen LogP contribution in [0, 0.1) is 0 Å². The van der Waals surface area contributed by atoms with Gasteiger partial charge in [-0.3, -0.25) is 4.79 Å². The number of H-pyrrole nitrogens is 1. The third kappa shape index (κ3) is 2.65. The Hall–Kier alpha value is -2.64. The van der Waals surface area contributed by atoms with Crippen molar-refractivity contribution in [3.8, 4) is 0 Å². The number of aromatic amines is 1. The maximum atomic E-state index is 13.2. The summed E-state index contributed by atoms with van der Waals surface area (Å²) in [6.45, 7) is 1.01. The summed E-state index contributed by atoms with van der Waals surface area (Å²) in [5, 5.41) is 1.10. The largest absolute Gasteiger partial charge is 0.361 e. The van der Waals surface area contributed by atoms with E-state index in [4.69, 9.17) is 0 Å². The molecular weight excluding hydrogens is 374 g/mol. The van der Waals surface area contributed by atoms with E-state index in [1.165, 1.54) is 4.31 Å². The molecule has 28 heavy (non-hydrogen) atoms. The maximum Gasteiger partial charge on any atom is 0.243 e. The molecule has 1 N–H and O–H groups in total. The number of sulfonamides is 1. The topological polar surface area (TPSA) is 73.5 Å². The molecule has 3 heterocycles. The van der Waals surface area contributed by atoms with Crippen LogP contribution in [-0.4, -0.2) is 37.2 Å². The van der Waals surface area contributed by atoms with Gasteiger partial charge in [-0.05, 0) is 59.2 Å². The number of rotatable bonds is 4. The number of anilines is 1. The van der Waals surface area contributed by atoms with Crippen LogP contribution in [0.3, 0.4) is 0 Å². The van der Waals surface area contributed by atoms with E-state index in [0.29, 0.717) is 6.42 Å². The lowest BCUT2D eigenvalue weighted by molar-refractivity contribution is -0.117. The molecule has 144 valence electrons. The normalized spacial score (nSPS) is 16.2. The average Bonchev–Trinajstić information content (AvgIpc) is 3.27. The van der Waals surface area contributed by atoms with Crippen molar-refractivity contribution in [1.82, 2.24) is 9.29 Å². The van der Waals surface area contributed by atoms with E-state index in [1.807, 2.05) is 30.5 Å². The fraction of sp³-hybridized carbons (Fsp3) is 0.286. The molecule has 0 fully saturated rings. The first-order valence-electron chi connectivity index (χ1n) is 9.42. The number of nitrogens with one attached hydrogen (secondary N) is 1. The van der Waals surface area contributed by atoms with Gasteiger partial charge in [0.15, 0.2) is 0 Å². The van der Waals surface area contributed by atoms with Gasteiger partial charge in [0.05, 0.1) is 17.0 Å². The van der Waals surface area contributed by atoms with Crippen molar-refractivity contribution in [3.63, 3.8) is 0 Å². The molecule has 2 aromatic carbocycles. The summed E-state index contributed by atoms with van der Waals surface area (Å²) in [4.78, 5) is 17.5. The highest BCUT2D eigenvalue weighted by molar-refractivity contribution is 7.89. The predicted molar refractivity (Wildman–Crippen MR) is 108 cm³/mol. The predicted octanol–water partition coefficient (Wildman–Crippen LogP) is 2.82. The van der Waals surface area contributed by atoms with Gasteiger partial charge in [-0.1, -0.05) is 12.1 Å². The number of carbonyl (C=O) groups excluding carboxylic acids is 1. The summed E-state index contributed by atoms with van der Waals surface area (Å²) >= 11 is 0. The third-order valence-corrected chi connectivity index (χ3v) is 7.50. The highest BCUT2D eigenvalue weighted by Gasteiger charge is 2.34. The molecule has 3 aromatic rings. The fourth-order valence-electron chi connectivity index (χ4n) is 4.31. The van der Waals surface area contributed by atoms with E-state index < -0.39 is 10.0 Å². The summed E-state index contributed by atoms with van der Waals surface area (Å²) < 4.78 is 27.8. The quantitative estimate of drug-likeness (QED) is 0.738. The first-order valence-corrected chi connectivity index (χ1v) is 10.9. The van der Waals surface area contributed by atoms with Gasteiger partial charge in [0.1, 0.15) is 0 Å². The lowest BCUT2D eigenvalue weighted by Gasteiger charge is -2.26. The molecule has 0 aliphatic carbocycles. The zero-order valence-corrected chi connectivity index (χ0v) is 16.4. The molecular formula is C21H21N3O3S. The molecule has 2 aliphatic rings. The Labute approximate surface area is 163 Å². The molecule has 1 aromatic heterocycles. The number of amides is 1. The van der Waals surface area contributed by atoms with Gasteiger partial charge in [0.25, 0.3) is 0 Å². The number of hydrogen-bond donors (Lipinski definition) is 1. The Morgan fingerprint density at radius 1 is 1.14 bits per heavy atom. The fourth-order valence-corrected chi connectivity index (χ4v) is 5.57. The van der Waals surface area contributed by atoms with Gasteiger partial charge in [0, 0.05) is 31.9 Å². The van der Waals surface area contributed by atoms with E-state index in [2.05, 4.69) is 4.98 Å². The Kier molecular flexibility index (Phi) is 3.86. The van der Waals surface area contributed by atoms with E-state index >= 15 is 0 Å². The minimum absolute atomic E-state index is 0.0677. The molecule has 0 radical (unpaired) electrons. The van der Waals surface area contributed by atoms with E-state index in [-0.39, 0.29) is 17.3 Å². The number of fused-ring (bicyclic) bond motifs is 1. The second-order valence-electron chi connectivity index (χ2n) is 7.58. The van der Waals surface area contributed by atoms with E-state index in [0.717, 1.165) is 52.7 Å². The van der Waals surface area contributed by atoms with Crippen molar-refractivity contribution in [2.45, 2.75) is 30.7 Å². The first kappa shape index (κ1) is 17.5. The second-order valence-corrected chi connectivity index (χ2v) is 9.62. The van der Waals surface area contributed by atoms with Crippen molar-refractivity contribution in [3.05, 3.63) is 59.3 Å². The second kappa shape index (κ2) is 6.18. The van der Waals surface area contributed by atoms with Crippen LogP contribution < -0.4 is 4.90 Å². The van der Waals surface area contributed by atoms with Gasteiger partial charge in [-0.25, -0.2) is 8.42 Å². The molecule has 2 aliphatic heterocycles. The molecule has 1 amide bonds. The zero-order valence-electron chi connectivity index (χ0n) is 15.6. The Morgan fingerprint density at radius 3 is 2.82 bits per heavy atom. The van der Waals surface area contributed by atoms with Gasteiger partial charge in [0.2, 0.25) is 15.9 Å². The standard InChI is InChI=1S/C21H21N3O3S/c1-23(13-14-4-5-15-6-7-22-19(15)9-14)28(26,27)18-10-16-3-2-8-24-20(25)12-17(11-18)21(16)24/h4-7,9-11,22H,2-3,8,12-13H2,1H3. The van der Waals surface area contributed by atoms with Gasteiger partial charge >= 0.3 is 0 Å². The maximum absolute atomic E-state index is 13.2. The van der Waals surface area contributed by atoms with Crippen LogP contribution in [-0.2, 0) is 34.2 Å². The monoisotopic (exact) mass is 395 g/mol. The smallest absolute Gasteiger partial charge is 0.243 e. The minimum atomic E-state index is -3.65. The molecule has 0 bridgehead atoms. The highest BCUT2D eigenvalue weighted by Crippen LogP contribution is 2.39. The van der Waals surface area contributed by atoms with Crippen LogP contribution in [0.2, 0.25) is 0 Å². The number of aryl methyl sites for hydroxylation is 1. The van der Waals surface area contributed by atoms with E-state index in [1.54, 1.807) is 24.1 Å². The molecule has 5 rings (SSSR count). The van der Waals surface area contributed by atoms with Gasteiger partial charge < -0.3 is 9.88 Å². The number of aromatic nitrogens is 1. The summed E-state index contributed by atoms with van der Waals surface area (Å²) in [7, 11) is -2.05. The zero-order chi connectivity index (χ0) is 19.5. The van der Waals surface area contributed by atoms with Crippen LogP contribution in [0.4, 0.5) is 5.69 Å². The molecule has 0 atom stereocenters. The number of carbonyl (C=O) groups is 1. The summed E-state index contributed by atoms with van der Waals surface area (Å²) in [6, 6.07) is 11.3. The number of nitrogens with zero attached hydrogens (tertiary/aromatic N) is 2. The van der Waals surface area contributed by atoms with Crippen LogP contribution in [0.25, 0.3) is 10.9 Å². The molecule has 6 nitrogen and oxygen atoms in total. The third-order valence-electron chi connectivity index (χ3n) is 5.71. The lowest BCUT2D eigenvalue weighted by Crippen LogP contribution is -2.31. The van der Waals surface area contributed by atoms with Crippen molar-refractivity contribution in [2.75, 3.05) is 18.5 Å². The molecule has 0 saturated heterocycles. The van der Waals surface area contributed by atoms with Gasteiger partial charge in [-0.15, -0.1) is 0 Å². The highest BCUT2D eigenvalue weighted by atomic mass is 32.2. The Bertz CT molecular complexity index is 1210.